The third-order valence-corrected chi connectivity index (χ3v) is 3.97. The smallest absolute Gasteiger partial charge is 0.255 e. The molecule has 1 aliphatic heterocycles. The molecule has 2 heterocycles. The standard InChI is InChI=1S/C15H24N4O/c1-5-16-13-7-6-12(10-17-13)14(20)19-9-8-18(4)15(2,3)11-19/h6-7,10H,5,8-9,11H2,1-4H3,(H,16,17). The molecule has 0 bridgehead atoms. The molecule has 2 rings (SSSR count). The third kappa shape index (κ3) is 3.10. The molecular weight excluding hydrogens is 252 g/mol. The molecule has 0 saturated carbocycles. The van der Waals surface area contributed by atoms with E-state index in [-0.39, 0.29) is 11.4 Å². The lowest BCUT2D eigenvalue weighted by molar-refractivity contribution is 0.0311. The lowest BCUT2D eigenvalue weighted by Crippen LogP contribution is -2.58. The number of aromatic nitrogens is 1. The van der Waals surface area contributed by atoms with Gasteiger partial charge in [0.1, 0.15) is 5.82 Å². The summed E-state index contributed by atoms with van der Waals surface area (Å²) in [4.78, 5) is 21.0. The second-order valence-corrected chi connectivity index (χ2v) is 5.92. The van der Waals surface area contributed by atoms with Crippen molar-refractivity contribution in [1.82, 2.24) is 14.8 Å². The lowest BCUT2D eigenvalue weighted by Gasteiger charge is -2.45. The van der Waals surface area contributed by atoms with Crippen molar-refractivity contribution in [3.05, 3.63) is 23.9 Å². The van der Waals surface area contributed by atoms with Gasteiger partial charge in [0.05, 0.1) is 5.56 Å². The zero-order chi connectivity index (χ0) is 14.8. The van der Waals surface area contributed by atoms with Crippen LogP contribution in [0, 0.1) is 0 Å². The van der Waals surface area contributed by atoms with Gasteiger partial charge in [-0.25, -0.2) is 4.98 Å². The number of pyridine rings is 1. The maximum Gasteiger partial charge on any atom is 0.255 e. The third-order valence-electron chi connectivity index (χ3n) is 3.97. The predicted octanol–water partition coefficient (Wildman–Crippen LogP) is 1.68. The van der Waals surface area contributed by atoms with Gasteiger partial charge in [-0.3, -0.25) is 9.69 Å². The van der Waals surface area contributed by atoms with Crippen LogP contribution in [0.15, 0.2) is 18.3 Å². The zero-order valence-electron chi connectivity index (χ0n) is 12.8. The van der Waals surface area contributed by atoms with Gasteiger partial charge in [0.15, 0.2) is 0 Å². The van der Waals surface area contributed by atoms with Crippen molar-refractivity contribution >= 4 is 11.7 Å². The second-order valence-electron chi connectivity index (χ2n) is 5.92. The summed E-state index contributed by atoms with van der Waals surface area (Å²) in [5, 5.41) is 3.13. The highest BCUT2D eigenvalue weighted by Gasteiger charge is 2.33. The van der Waals surface area contributed by atoms with E-state index in [1.165, 1.54) is 0 Å². The van der Waals surface area contributed by atoms with E-state index >= 15 is 0 Å². The Labute approximate surface area is 121 Å². The normalized spacial score (nSPS) is 18.9. The van der Waals surface area contributed by atoms with Crippen molar-refractivity contribution in [2.24, 2.45) is 0 Å². The molecule has 20 heavy (non-hydrogen) atoms. The van der Waals surface area contributed by atoms with Gasteiger partial charge in [-0.05, 0) is 40.0 Å². The summed E-state index contributed by atoms with van der Waals surface area (Å²) in [5.74, 6) is 0.879. The monoisotopic (exact) mass is 276 g/mol. The molecule has 0 aromatic carbocycles. The van der Waals surface area contributed by atoms with Gasteiger partial charge in [0.25, 0.3) is 5.91 Å². The lowest BCUT2D eigenvalue weighted by atomic mass is 9.99. The highest BCUT2D eigenvalue weighted by molar-refractivity contribution is 5.94. The van der Waals surface area contributed by atoms with Crippen LogP contribution in [-0.4, -0.2) is 59.5 Å². The minimum atomic E-state index is 0.0189. The summed E-state index contributed by atoms with van der Waals surface area (Å²) in [7, 11) is 2.11. The van der Waals surface area contributed by atoms with E-state index < -0.39 is 0 Å². The van der Waals surface area contributed by atoms with E-state index in [9.17, 15) is 4.79 Å². The number of anilines is 1. The van der Waals surface area contributed by atoms with Crippen molar-refractivity contribution in [3.63, 3.8) is 0 Å². The molecule has 0 atom stereocenters. The van der Waals surface area contributed by atoms with Crippen molar-refractivity contribution in [2.75, 3.05) is 38.5 Å². The molecular formula is C15H24N4O. The highest BCUT2D eigenvalue weighted by atomic mass is 16.2. The number of hydrogen-bond donors (Lipinski definition) is 1. The van der Waals surface area contributed by atoms with E-state index in [4.69, 9.17) is 0 Å². The van der Waals surface area contributed by atoms with E-state index in [0.717, 1.165) is 32.0 Å². The van der Waals surface area contributed by atoms with Crippen LogP contribution >= 0.6 is 0 Å². The van der Waals surface area contributed by atoms with Gasteiger partial charge in [-0.15, -0.1) is 0 Å². The number of nitrogens with one attached hydrogen (secondary N) is 1. The maximum atomic E-state index is 12.5. The minimum Gasteiger partial charge on any atom is -0.370 e. The highest BCUT2D eigenvalue weighted by Crippen LogP contribution is 2.20. The van der Waals surface area contributed by atoms with Gasteiger partial charge >= 0.3 is 0 Å². The molecule has 1 fully saturated rings. The van der Waals surface area contributed by atoms with Crippen LogP contribution in [0.5, 0.6) is 0 Å². The predicted molar refractivity (Wildman–Crippen MR) is 81.0 cm³/mol. The van der Waals surface area contributed by atoms with Gasteiger partial charge in [0.2, 0.25) is 0 Å². The fourth-order valence-electron chi connectivity index (χ4n) is 2.40. The minimum absolute atomic E-state index is 0.0189. The van der Waals surface area contributed by atoms with Crippen LogP contribution in [0.3, 0.4) is 0 Å². The van der Waals surface area contributed by atoms with Crippen molar-refractivity contribution in [3.8, 4) is 0 Å². The first kappa shape index (κ1) is 14.8. The molecule has 1 saturated heterocycles. The Morgan fingerprint density at radius 1 is 1.40 bits per heavy atom. The molecule has 1 aromatic rings. The fraction of sp³-hybridized carbons (Fsp3) is 0.600. The summed E-state index contributed by atoms with van der Waals surface area (Å²) in [6.45, 7) is 9.60. The summed E-state index contributed by atoms with van der Waals surface area (Å²) in [6, 6.07) is 3.70. The molecule has 1 N–H and O–H groups in total. The van der Waals surface area contributed by atoms with Gasteiger partial charge in [0, 0.05) is 37.9 Å². The molecule has 0 unspecified atom stereocenters. The Balaban J connectivity index is 2.07. The van der Waals surface area contributed by atoms with Crippen LogP contribution in [0.2, 0.25) is 0 Å². The summed E-state index contributed by atoms with van der Waals surface area (Å²) in [6.07, 6.45) is 1.66. The summed E-state index contributed by atoms with van der Waals surface area (Å²) in [5.41, 5.74) is 0.678. The summed E-state index contributed by atoms with van der Waals surface area (Å²) >= 11 is 0. The van der Waals surface area contributed by atoms with Crippen molar-refractivity contribution in [1.29, 1.82) is 0 Å². The van der Waals surface area contributed by atoms with E-state index in [0.29, 0.717) is 5.56 Å². The zero-order valence-corrected chi connectivity index (χ0v) is 12.8. The Bertz CT molecular complexity index is 469. The number of rotatable bonds is 3. The second kappa shape index (κ2) is 5.79. The van der Waals surface area contributed by atoms with Crippen molar-refractivity contribution in [2.45, 2.75) is 26.3 Å². The van der Waals surface area contributed by atoms with Gasteiger partial charge < -0.3 is 10.2 Å². The number of nitrogens with zero attached hydrogens (tertiary/aromatic N) is 3. The number of likely N-dealkylation sites (N-methyl/N-ethyl adjacent to an activating group) is 1. The maximum absolute atomic E-state index is 12.5. The Kier molecular flexibility index (Phi) is 4.28. The Morgan fingerprint density at radius 3 is 2.70 bits per heavy atom. The van der Waals surface area contributed by atoms with E-state index in [1.807, 2.05) is 24.0 Å². The van der Waals surface area contributed by atoms with Crippen LogP contribution in [0.25, 0.3) is 0 Å². The van der Waals surface area contributed by atoms with Gasteiger partial charge in [-0.1, -0.05) is 0 Å². The molecule has 1 aliphatic rings. The number of amides is 1. The molecule has 0 spiro atoms. The first-order chi connectivity index (χ1) is 9.44. The Hall–Kier alpha value is -1.62. The van der Waals surface area contributed by atoms with Crippen LogP contribution in [-0.2, 0) is 0 Å². The molecule has 1 amide bonds. The van der Waals surface area contributed by atoms with Crippen molar-refractivity contribution < 1.29 is 4.79 Å². The molecule has 5 heteroatoms. The molecule has 5 nitrogen and oxygen atoms in total. The van der Waals surface area contributed by atoms with Gasteiger partial charge in [-0.2, -0.15) is 0 Å². The average Bonchev–Trinajstić information content (AvgIpc) is 2.42. The quantitative estimate of drug-likeness (QED) is 0.912. The van der Waals surface area contributed by atoms with Crippen LogP contribution in [0.4, 0.5) is 5.82 Å². The SMILES string of the molecule is CCNc1ccc(C(=O)N2CCN(C)C(C)(C)C2)cn1. The molecule has 0 aliphatic carbocycles. The number of piperazine rings is 1. The fourth-order valence-corrected chi connectivity index (χ4v) is 2.40. The first-order valence-electron chi connectivity index (χ1n) is 7.14. The Morgan fingerprint density at radius 2 is 2.15 bits per heavy atom. The molecule has 110 valence electrons. The van der Waals surface area contributed by atoms with Crippen LogP contribution < -0.4 is 5.32 Å². The molecule has 1 aromatic heterocycles. The van der Waals surface area contributed by atoms with E-state index in [1.54, 1.807) is 6.20 Å². The molecule has 0 radical (unpaired) electrons. The largest absolute Gasteiger partial charge is 0.370 e. The number of carbonyl (C=O) groups is 1. The first-order valence-corrected chi connectivity index (χ1v) is 7.14. The number of hydrogen-bond acceptors (Lipinski definition) is 4. The summed E-state index contributed by atoms with van der Waals surface area (Å²) < 4.78 is 0. The van der Waals surface area contributed by atoms with E-state index in [2.05, 4.69) is 36.1 Å². The topological polar surface area (TPSA) is 48.5 Å². The van der Waals surface area contributed by atoms with Crippen LogP contribution in [0.1, 0.15) is 31.1 Å². The average molecular weight is 276 g/mol. The number of carbonyl (C=O) groups excluding carboxylic acids is 1.